The number of ether oxygens (including phenoxy) is 1. The summed E-state index contributed by atoms with van der Waals surface area (Å²) in [5.74, 6) is -2.47. The summed E-state index contributed by atoms with van der Waals surface area (Å²) in [5.41, 5.74) is 1.25. The number of hydrogen-bond donors (Lipinski definition) is 2. The van der Waals surface area contributed by atoms with Gasteiger partial charge >= 0.3 is 0 Å². The van der Waals surface area contributed by atoms with Gasteiger partial charge in [0.25, 0.3) is 0 Å². The van der Waals surface area contributed by atoms with Gasteiger partial charge < -0.3 is 20.3 Å². The van der Waals surface area contributed by atoms with Crippen molar-refractivity contribution in [3.63, 3.8) is 0 Å². The maximum absolute atomic E-state index is 14.1. The Morgan fingerprint density at radius 1 is 1.03 bits per heavy atom. The van der Waals surface area contributed by atoms with Crippen LogP contribution < -0.4 is 10.6 Å². The van der Waals surface area contributed by atoms with Crippen molar-refractivity contribution < 1.29 is 19.1 Å². The van der Waals surface area contributed by atoms with E-state index in [4.69, 9.17) is 27.9 Å². The number of fused-ring (bicyclic) bond motifs is 1. The minimum Gasteiger partial charge on any atom is -0.359 e. The molecular formula is C30H31Cl2N3O4. The second-order valence-corrected chi connectivity index (χ2v) is 12.0. The van der Waals surface area contributed by atoms with Gasteiger partial charge in [-0.15, -0.1) is 0 Å². The highest BCUT2D eigenvalue weighted by Crippen LogP contribution is 2.55. The number of rotatable bonds is 6. The minimum absolute atomic E-state index is 0.0762. The summed E-state index contributed by atoms with van der Waals surface area (Å²) >= 11 is 12.3. The fraction of sp³-hybridized carbons (Fsp3) is 0.433. The molecule has 3 fully saturated rings. The summed E-state index contributed by atoms with van der Waals surface area (Å²) in [6.45, 7) is 2.25. The van der Waals surface area contributed by atoms with Crippen molar-refractivity contribution in [1.29, 1.82) is 0 Å². The number of carbonyl (C=O) groups is 3. The number of nitrogens with one attached hydrogen (secondary N) is 2. The van der Waals surface area contributed by atoms with Gasteiger partial charge in [-0.1, -0.05) is 84.4 Å². The van der Waals surface area contributed by atoms with Crippen molar-refractivity contribution in [3.8, 4) is 0 Å². The number of carbonyl (C=O) groups excluding carboxylic acids is 3. The number of benzene rings is 2. The van der Waals surface area contributed by atoms with Crippen LogP contribution in [0.3, 0.4) is 0 Å². The van der Waals surface area contributed by atoms with Crippen molar-refractivity contribution in [3.05, 3.63) is 75.8 Å². The summed E-state index contributed by atoms with van der Waals surface area (Å²) in [6, 6.07) is 11.9. The molecule has 1 spiro atoms. The number of halogens is 2. The molecule has 5 atom stereocenters. The van der Waals surface area contributed by atoms with Gasteiger partial charge in [-0.3, -0.25) is 14.4 Å². The van der Waals surface area contributed by atoms with Crippen LogP contribution >= 0.6 is 23.2 Å². The largest absolute Gasteiger partial charge is 0.359 e. The Balaban J connectivity index is 1.32. The molecule has 2 aromatic rings. The Hall–Kier alpha value is -2.87. The Kier molecular flexibility index (Phi) is 6.94. The van der Waals surface area contributed by atoms with Gasteiger partial charge in [0.1, 0.15) is 11.6 Å². The van der Waals surface area contributed by atoms with Gasteiger partial charge in [-0.2, -0.15) is 0 Å². The van der Waals surface area contributed by atoms with Crippen LogP contribution in [-0.2, 0) is 25.7 Å². The summed E-state index contributed by atoms with van der Waals surface area (Å²) in [5, 5.41) is 6.86. The molecule has 7 nitrogen and oxygen atoms in total. The second kappa shape index (κ2) is 10.3. The molecule has 3 amide bonds. The predicted octanol–water partition coefficient (Wildman–Crippen LogP) is 5.04. The zero-order valence-corrected chi connectivity index (χ0v) is 23.2. The zero-order valence-electron chi connectivity index (χ0n) is 21.7. The molecule has 2 N–H and O–H groups in total. The van der Waals surface area contributed by atoms with Gasteiger partial charge in [0.2, 0.25) is 17.7 Å². The summed E-state index contributed by atoms with van der Waals surface area (Å²) in [4.78, 5) is 43.3. The molecule has 2 aromatic carbocycles. The van der Waals surface area contributed by atoms with Crippen LogP contribution in [0.2, 0.25) is 10.0 Å². The van der Waals surface area contributed by atoms with Crippen LogP contribution in [0.4, 0.5) is 5.69 Å². The monoisotopic (exact) mass is 567 g/mol. The topological polar surface area (TPSA) is 87.7 Å². The summed E-state index contributed by atoms with van der Waals surface area (Å²) in [6.07, 6.45) is 8.20. The number of anilines is 1. The smallest absolute Gasteiger partial charge is 0.246 e. The average Bonchev–Trinajstić information content (AvgIpc) is 3.53. The van der Waals surface area contributed by atoms with E-state index in [0.717, 1.165) is 36.8 Å². The highest BCUT2D eigenvalue weighted by atomic mass is 35.5. The molecule has 1 aliphatic carbocycles. The maximum atomic E-state index is 14.1. The molecule has 39 heavy (non-hydrogen) atoms. The molecule has 9 heteroatoms. The number of amides is 3. The van der Waals surface area contributed by atoms with Crippen LogP contribution in [0, 0.1) is 18.8 Å². The van der Waals surface area contributed by atoms with Gasteiger partial charge in [0.15, 0.2) is 0 Å². The zero-order chi connectivity index (χ0) is 27.3. The Morgan fingerprint density at radius 2 is 1.72 bits per heavy atom. The molecule has 2 bridgehead atoms. The number of likely N-dealkylation sites (tertiary alicyclic amines) is 1. The van der Waals surface area contributed by atoms with Crippen LogP contribution in [0.15, 0.2) is 54.6 Å². The van der Waals surface area contributed by atoms with Crippen molar-refractivity contribution in [2.24, 2.45) is 11.8 Å². The van der Waals surface area contributed by atoms with Crippen LogP contribution in [0.1, 0.15) is 43.2 Å². The molecule has 4 aliphatic rings. The molecule has 2 saturated heterocycles. The third-order valence-corrected chi connectivity index (χ3v) is 8.92. The first-order chi connectivity index (χ1) is 18.7. The Labute approximate surface area is 237 Å². The lowest BCUT2D eigenvalue weighted by Gasteiger charge is -2.34. The van der Waals surface area contributed by atoms with Crippen molar-refractivity contribution >= 4 is 46.6 Å². The van der Waals surface area contributed by atoms with Gasteiger partial charge in [0, 0.05) is 28.3 Å². The standard InChI is InChI=1S/C30H31Cl2N3O4/c1-17-7-9-18(10-8-17)16-35-26(28(37)33-21-5-3-2-4-6-21)30-12-11-23(39-30)24(25(30)29(35)38)27(36)34-22-14-19(31)13-20(32)15-22/h7-15,21,23-26H,2-6,16H2,1H3,(H,33,37)(H,34,36)/t23-,24-,25-,26-,30-/m0/s1. The second-order valence-electron chi connectivity index (χ2n) is 11.1. The molecule has 6 rings (SSSR count). The number of aryl methyl sites for hydroxylation is 1. The van der Waals surface area contributed by atoms with E-state index in [1.165, 1.54) is 6.42 Å². The van der Waals surface area contributed by atoms with Crippen molar-refractivity contribution in [1.82, 2.24) is 10.2 Å². The lowest BCUT2D eigenvalue weighted by Crippen LogP contribution is -2.56. The fourth-order valence-corrected chi connectivity index (χ4v) is 7.23. The molecular weight excluding hydrogens is 537 g/mol. The van der Waals surface area contributed by atoms with E-state index in [9.17, 15) is 14.4 Å². The van der Waals surface area contributed by atoms with E-state index >= 15 is 0 Å². The lowest BCUT2D eigenvalue weighted by atomic mass is 9.74. The SMILES string of the molecule is Cc1ccc(CN2C(=O)[C@@H]3[C@@H](C(=O)Nc4cc(Cl)cc(Cl)c4)[C@@H]4C=C[C@@]3(O4)[C@@H]2C(=O)NC2CCCCC2)cc1. The molecule has 1 saturated carbocycles. The first kappa shape index (κ1) is 26.4. The number of nitrogens with zero attached hydrogens (tertiary/aromatic N) is 1. The molecule has 0 aromatic heterocycles. The molecule has 3 heterocycles. The Morgan fingerprint density at radius 3 is 2.41 bits per heavy atom. The highest BCUT2D eigenvalue weighted by Gasteiger charge is 2.72. The van der Waals surface area contributed by atoms with E-state index in [0.29, 0.717) is 15.7 Å². The quantitative estimate of drug-likeness (QED) is 0.478. The summed E-state index contributed by atoms with van der Waals surface area (Å²) in [7, 11) is 0. The van der Waals surface area contributed by atoms with Crippen molar-refractivity contribution in [2.75, 3.05) is 5.32 Å². The van der Waals surface area contributed by atoms with E-state index in [1.54, 1.807) is 23.1 Å². The van der Waals surface area contributed by atoms with Gasteiger partial charge in [-0.05, 0) is 43.5 Å². The normalized spacial score (nSPS) is 29.5. The number of hydrogen-bond acceptors (Lipinski definition) is 4. The van der Waals surface area contributed by atoms with E-state index in [-0.39, 0.29) is 30.3 Å². The van der Waals surface area contributed by atoms with E-state index in [2.05, 4.69) is 10.6 Å². The molecule has 3 aliphatic heterocycles. The highest BCUT2D eigenvalue weighted by molar-refractivity contribution is 6.35. The molecule has 0 radical (unpaired) electrons. The third-order valence-electron chi connectivity index (χ3n) is 8.48. The third kappa shape index (κ3) is 4.75. The maximum Gasteiger partial charge on any atom is 0.246 e. The van der Waals surface area contributed by atoms with Crippen LogP contribution in [-0.4, -0.2) is 46.4 Å². The van der Waals surface area contributed by atoms with Crippen LogP contribution in [0.5, 0.6) is 0 Å². The van der Waals surface area contributed by atoms with Crippen LogP contribution in [0.25, 0.3) is 0 Å². The average molecular weight is 569 g/mol. The van der Waals surface area contributed by atoms with E-state index in [1.807, 2.05) is 43.3 Å². The van der Waals surface area contributed by atoms with Gasteiger partial charge in [-0.25, -0.2) is 0 Å². The lowest BCUT2D eigenvalue weighted by molar-refractivity contribution is -0.142. The molecule has 204 valence electrons. The van der Waals surface area contributed by atoms with E-state index < -0.39 is 29.6 Å². The first-order valence-corrected chi connectivity index (χ1v) is 14.3. The van der Waals surface area contributed by atoms with Gasteiger partial charge in [0.05, 0.1) is 17.9 Å². The van der Waals surface area contributed by atoms with Crippen molar-refractivity contribution in [2.45, 2.75) is 69.4 Å². The molecule has 0 unspecified atom stereocenters. The fourth-order valence-electron chi connectivity index (χ4n) is 6.71. The first-order valence-electron chi connectivity index (χ1n) is 13.6. The Bertz CT molecular complexity index is 1320. The summed E-state index contributed by atoms with van der Waals surface area (Å²) < 4.78 is 6.44. The predicted molar refractivity (Wildman–Crippen MR) is 149 cm³/mol. The minimum atomic E-state index is -1.21.